The van der Waals surface area contributed by atoms with Crippen LogP contribution in [0.4, 0.5) is 0 Å². The molecule has 2 heterocycles. The number of hydrogen-bond acceptors (Lipinski definition) is 5. The summed E-state index contributed by atoms with van der Waals surface area (Å²) in [6.45, 7) is 7.75. The molecule has 1 atom stereocenters. The van der Waals surface area contributed by atoms with Crippen molar-refractivity contribution in [1.82, 2.24) is 9.78 Å². The second-order valence-corrected chi connectivity index (χ2v) is 6.06. The summed E-state index contributed by atoms with van der Waals surface area (Å²) in [5.74, 6) is -1.01. The Morgan fingerprint density at radius 1 is 1.48 bits per heavy atom. The van der Waals surface area contributed by atoms with Crippen LogP contribution >= 0.6 is 11.3 Å². The first-order valence-corrected chi connectivity index (χ1v) is 7.60. The second-order valence-electron chi connectivity index (χ2n) is 5.05. The minimum Gasteiger partial charge on any atom is -0.484 e. The molecule has 0 aliphatic heterocycles. The molecule has 6 nitrogen and oxygen atoms in total. The van der Waals surface area contributed by atoms with Gasteiger partial charge in [-0.15, -0.1) is 0 Å². The first kappa shape index (κ1) is 15.5. The van der Waals surface area contributed by atoms with Gasteiger partial charge in [0.2, 0.25) is 0 Å². The lowest BCUT2D eigenvalue weighted by atomic mass is 10.1. The lowest BCUT2D eigenvalue weighted by molar-refractivity contribution is -0.140. The number of carbonyl (C=O) groups is 1. The number of rotatable bonds is 5. The zero-order valence-corrected chi connectivity index (χ0v) is 13.2. The van der Waals surface area contributed by atoms with Crippen LogP contribution in [0.15, 0.2) is 10.9 Å². The maximum absolute atomic E-state index is 12.5. The molecule has 0 bridgehead atoms. The summed E-state index contributed by atoms with van der Waals surface area (Å²) in [7, 11) is 0. The Balaban J connectivity index is 2.76. The van der Waals surface area contributed by atoms with Crippen LogP contribution in [-0.4, -0.2) is 27.5 Å². The molecule has 2 aromatic rings. The molecule has 0 radical (unpaired) electrons. The average Bonchev–Trinajstić information content (AvgIpc) is 2.82. The Labute approximate surface area is 126 Å². The van der Waals surface area contributed by atoms with Crippen LogP contribution in [0, 0.1) is 0 Å². The van der Waals surface area contributed by atoms with Crippen molar-refractivity contribution in [2.24, 2.45) is 0 Å². The normalized spacial score (nSPS) is 12.8. The Morgan fingerprint density at radius 2 is 2.14 bits per heavy atom. The second kappa shape index (κ2) is 5.85. The number of thiophene rings is 1. The lowest BCUT2D eigenvalue weighted by Crippen LogP contribution is -2.31. The topological polar surface area (TPSA) is 81.4 Å². The van der Waals surface area contributed by atoms with Crippen molar-refractivity contribution in [3.8, 4) is 5.06 Å². The highest BCUT2D eigenvalue weighted by molar-refractivity contribution is 7.20. The fraction of sp³-hybridized carbons (Fsp3) is 0.500. The maximum atomic E-state index is 12.5. The number of nitrogens with zero attached hydrogens (tertiary/aromatic N) is 2. The Morgan fingerprint density at radius 3 is 2.67 bits per heavy atom. The molecule has 0 aromatic carbocycles. The highest BCUT2D eigenvalue weighted by atomic mass is 32.1. The molecule has 1 unspecified atom stereocenters. The number of carboxylic acids is 1. The van der Waals surface area contributed by atoms with Gasteiger partial charge in [0.25, 0.3) is 5.56 Å². The molecule has 2 aromatic heterocycles. The molecule has 0 fully saturated rings. The van der Waals surface area contributed by atoms with Gasteiger partial charge >= 0.3 is 5.97 Å². The van der Waals surface area contributed by atoms with E-state index in [2.05, 4.69) is 5.10 Å². The summed E-state index contributed by atoms with van der Waals surface area (Å²) in [6, 6.07) is 0.806. The lowest BCUT2D eigenvalue weighted by Gasteiger charge is -2.13. The molecule has 0 spiro atoms. The van der Waals surface area contributed by atoms with Crippen molar-refractivity contribution in [2.75, 3.05) is 6.61 Å². The fourth-order valence-corrected chi connectivity index (χ4v) is 3.05. The monoisotopic (exact) mass is 310 g/mol. The van der Waals surface area contributed by atoms with E-state index in [1.54, 1.807) is 0 Å². The SMILES string of the molecule is CCOc1cc2c(C(C)C)nn(C(C)C(=O)O)c(=O)c2s1. The maximum Gasteiger partial charge on any atom is 0.328 e. The Bertz CT molecular complexity index is 732. The fourth-order valence-electron chi connectivity index (χ4n) is 2.04. The standard InChI is InChI=1S/C14H18N2O4S/c1-5-20-10-6-9-11(7(2)3)15-16(8(4)14(18)19)13(17)12(9)21-10/h6-8H,5H2,1-4H3,(H,18,19). The van der Waals surface area contributed by atoms with Crippen LogP contribution in [-0.2, 0) is 4.79 Å². The largest absolute Gasteiger partial charge is 0.484 e. The highest BCUT2D eigenvalue weighted by Crippen LogP contribution is 2.33. The van der Waals surface area contributed by atoms with Crippen molar-refractivity contribution in [2.45, 2.75) is 39.7 Å². The number of aliphatic carboxylic acids is 1. The van der Waals surface area contributed by atoms with Crippen LogP contribution in [0.2, 0.25) is 0 Å². The van der Waals surface area contributed by atoms with Gasteiger partial charge in [0.15, 0.2) is 11.1 Å². The van der Waals surface area contributed by atoms with E-state index in [0.717, 1.165) is 10.1 Å². The third-order valence-electron chi connectivity index (χ3n) is 3.16. The van der Waals surface area contributed by atoms with E-state index < -0.39 is 12.0 Å². The van der Waals surface area contributed by atoms with Gasteiger partial charge in [-0.2, -0.15) is 5.10 Å². The van der Waals surface area contributed by atoms with Gasteiger partial charge in [-0.05, 0) is 19.8 Å². The van der Waals surface area contributed by atoms with E-state index in [1.807, 2.05) is 26.8 Å². The van der Waals surface area contributed by atoms with Crippen molar-refractivity contribution >= 4 is 27.4 Å². The molecule has 2 rings (SSSR count). The minimum absolute atomic E-state index is 0.0735. The molecular formula is C14H18N2O4S. The van der Waals surface area contributed by atoms with E-state index in [-0.39, 0.29) is 11.5 Å². The summed E-state index contributed by atoms with van der Waals surface area (Å²) in [5, 5.41) is 14.8. The molecule has 0 aliphatic rings. The van der Waals surface area contributed by atoms with Gasteiger partial charge in [-0.3, -0.25) is 4.79 Å². The molecule has 114 valence electrons. The van der Waals surface area contributed by atoms with E-state index in [4.69, 9.17) is 9.84 Å². The molecule has 7 heteroatoms. The van der Waals surface area contributed by atoms with Crippen molar-refractivity contribution in [3.05, 3.63) is 22.1 Å². The van der Waals surface area contributed by atoms with Crippen molar-refractivity contribution in [1.29, 1.82) is 0 Å². The van der Waals surface area contributed by atoms with E-state index in [0.29, 0.717) is 22.1 Å². The summed E-state index contributed by atoms with van der Waals surface area (Å²) < 4.78 is 6.99. The number of hydrogen-bond donors (Lipinski definition) is 1. The van der Waals surface area contributed by atoms with Gasteiger partial charge in [0, 0.05) is 11.5 Å². The summed E-state index contributed by atoms with van der Waals surface area (Å²) >= 11 is 1.23. The van der Waals surface area contributed by atoms with Gasteiger partial charge in [0.1, 0.15) is 4.70 Å². The minimum atomic E-state index is -1.08. The molecule has 1 N–H and O–H groups in total. The first-order valence-electron chi connectivity index (χ1n) is 6.78. The Hall–Kier alpha value is -1.89. The van der Waals surface area contributed by atoms with Gasteiger partial charge in [-0.1, -0.05) is 25.2 Å². The van der Waals surface area contributed by atoms with E-state index in [1.165, 1.54) is 18.3 Å². The van der Waals surface area contributed by atoms with Crippen LogP contribution in [0.5, 0.6) is 5.06 Å². The third-order valence-corrected chi connectivity index (χ3v) is 4.20. The molecule has 0 amide bonds. The quantitative estimate of drug-likeness (QED) is 0.918. The number of carboxylic acid groups (broad SMARTS) is 1. The average molecular weight is 310 g/mol. The van der Waals surface area contributed by atoms with Crippen LogP contribution in [0.1, 0.15) is 45.3 Å². The smallest absolute Gasteiger partial charge is 0.328 e. The summed E-state index contributed by atoms with van der Waals surface area (Å²) in [4.78, 5) is 23.6. The van der Waals surface area contributed by atoms with Crippen LogP contribution in [0.3, 0.4) is 0 Å². The number of fused-ring (bicyclic) bond motifs is 1. The summed E-state index contributed by atoms with van der Waals surface area (Å²) in [5.41, 5.74) is 0.320. The van der Waals surface area contributed by atoms with Gasteiger partial charge in [0.05, 0.1) is 12.3 Å². The number of ether oxygens (including phenoxy) is 1. The number of aromatic nitrogens is 2. The van der Waals surface area contributed by atoms with Gasteiger partial charge < -0.3 is 9.84 Å². The summed E-state index contributed by atoms with van der Waals surface area (Å²) in [6.07, 6.45) is 0. The van der Waals surface area contributed by atoms with Crippen LogP contribution in [0.25, 0.3) is 10.1 Å². The zero-order chi connectivity index (χ0) is 15.7. The predicted molar refractivity (Wildman–Crippen MR) is 81.5 cm³/mol. The van der Waals surface area contributed by atoms with Crippen LogP contribution < -0.4 is 10.3 Å². The predicted octanol–water partition coefficient (Wildman–Crippen LogP) is 2.63. The molecule has 0 saturated heterocycles. The van der Waals surface area contributed by atoms with E-state index in [9.17, 15) is 9.59 Å². The molecule has 0 aliphatic carbocycles. The van der Waals surface area contributed by atoms with Gasteiger partial charge in [-0.25, -0.2) is 9.48 Å². The molecule has 0 saturated carbocycles. The highest BCUT2D eigenvalue weighted by Gasteiger charge is 2.22. The molecule has 21 heavy (non-hydrogen) atoms. The Kier molecular flexibility index (Phi) is 4.32. The van der Waals surface area contributed by atoms with Crippen molar-refractivity contribution in [3.63, 3.8) is 0 Å². The first-order chi connectivity index (χ1) is 9.86. The van der Waals surface area contributed by atoms with E-state index >= 15 is 0 Å². The third kappa shape index (κ3) is 2.78. The zero-order valence-electron chi connectivity index (χ0n) is 12.4. The molecular weight excluding hydrogens is 292 g/mol. The van der Waals surface area contributed by atoms with Crippen molar-refractivity contribution < 1.29 is 14.6 Å².